The van der Waals surface area contributed by atoms with Gasteiger partial charge in [-0.05, 0) is 62.9 Å². The maximum Gasteiger partial charge on any atom is 0.251 e. The van der Waals surface area contributed by atoms with Crippen LogP contribution in [-0.4, -0.2) is 40.1 Å². The van der Waals surface area contributed by atoms with Gasteiger partial charge >= 0.3 is 0 Å². The van der Waals surface area contributed by atoms with E-state index in [-0.39, 0.29) is 17.3 Å². The number of pyridine rings is 2. The SMILES string of the molecule is O=c1ccc2ncc(F)c3c2n1C[C@H]3CN1CCC(NCc2cc3c(s2)CCC3)CC1. The molecule has 3 aromatic rings. The molecule has 2 aliphatic heterocycles. The predicted molar refractivity (Wildman–Crippen MR) is 121 cm³/mol. The van der Waals surface area contributed by atoms with E-state index >= 15 is 0 Å². The van der Waals surface area contributed by atoms with Crippen molar-refractivity contribution in [1.82, 2.24) is 19.8 Å². The molecule has 0 aromatic carbocycles. The lowest BCUT2D eigenvalue weighted by atomic mass is 9.98. The fraction of sp³-hybridized carbons (Fsp3) is 0.500. The maximum absolute atomic E-state index is 14.7. The van der Waals surface area contributed by atoms with Crippen LogP contribution in [0.3, 0.4) is 0 Å². The van der Waals surface area contributed by atoms with Crippen molar-refractivity contribution in [3.8, 4) is 0 Å². The Hall–Kier alpha value is -2.09. The molecule has 1 N–H and O–H groups in total. The van der Waals surface area contributed by atoms with E-state index in [2.05, 4.69) is 21.3 Å². The Kier molecular flexibility index (Phi) is 4.93. The third kappa shape index (κ3) is 3.52. The molecular weight excluding hydrogens is 411 g/mol. The molecule has 5 nitrogen and oxygen atoms in total. The Morgan fingerprint density at radius 3 is 2.94 bits per heavy atom. The standard InChI is InChI=1S/C24H27FN4OS/c25-19-12-27-20-4-5-22(30)29-14-16(23(19)24(20)29)13-28-8-6-17(7-9-28)26-11-18-10-15-2-1-3-21(15)31-18/h4-5,10,12,16-17,26H,1-3,6-9,11,13-14H2/t16-/m1/s1. The molecule has 3 aliphatic rings. The topological polar surface area (TPSA) is 50.2 Å². The van der Waals surface area contributed by atoms with Crippen molar-refractivity contribution >= 4 is 22.4 Å². The summed E-state index contributed by atoms with van der Waals surface area (Å²) < 4.78 is 16.4. The Labute approximate surface area is 184 Å². The number of nitrogens with zero attached hydrogens (tertiary/aromatic N) is 3. The highest BCUT2D eigenvalue weighted by molar-refractivity contribution is 7.12. The molecule has 0 bridgehead atoms. The van der Waals surface area contributed by atoms with Crippen LogP contribution in [0, 0.1) is 5.82 Å². The van der Waals surface area contributed by atoms with E-state index in [4.69, 9.17) is 0 Å². The lowest BCUT2D eigenvalue weighted by molar-refractivity contribution is 0.184. The van der Waals surface area contributed by atoms with Gasteiger partial charge in [-0.3, -0.25) is 9.78 Å². The summed E-state index contributed by atoms with van der Waals surface area (Å²) in [6.45, 7) is 4.34. The summed E-state index contributed by atoms with van der Waals surface area (Å²) in [5, 5.41) is 3.76. The summed E-state index contributed by atoms with van der Waals surface area (Å²) in [7, 11) is 0. The van der Waals surface area contributed by atoms with Crippen molar-refractivity contribution < 1.29 is 4.39 Å². The van der Waals surface area contributed by atoms with Crippen LogP contribution < -0.4 is 10.9 Å². The van der Waals surface area contributed by atoms with E-state index in [0.717, 1.165) is 39.0 Å². The molecule has 0 spiro atoms. The fourth-order valence-electron chi connectivity index (χ4n) is 5.65. The minimum absolute atomic E-state index is 0.0126. The van der Waals surface area contributed by atoms with Crippen LogP contribution in [0.5, 0.6) is 0 Å². The third-order valence-corrected chi connectivity index (χ3v) is 8.47. The van der Waals surface area contributed by atoms with Crippen molar-refractivity contribution in [3.63, 3.8) is 0 Å². The van der Waals surface area contributed by atoms with Gasteiger partial charge in [0.2, 0.25) is 0 Å². The summed E-state index contributed by atoms with van der Waals surface area (Å²) in [4.78, 5) is 22.0. The highest BCUT2D eigenvalue weighted by Gasteiger charge is 2.31. The normalized spacial score (nSPS) is 21.3. The number of fused-ring (bicyclic) bond motifs is 1. The first-order valence-electron chi connectivity index (χ1n) is 11.4. The zero-order valence-corrected chi connectivity index (χ0v) is 18.4. The van der Waals surface area contributed by atoms with Gasteiger partial charge in [-0.15, -0.1) is 11.3 Å². The molecule has 1 aliphatic carbocycles. The van der Waals surface area contributed by atoms with E-state index in [1.54, 1.807) is 27.1 Å². The molecule has 6 rings (SSSR count). The number of hydrogen-bond donors (Lipinski definition) is 1. The lowest BCUT2D eigenvalue weighted by Crippen LogP contribution is -2.43. The van der Waals surface area contributed by atoms with Crippen LogP contribution in [0.4, 0.5) is 4.39 Å². The van der Waals surface area contributed by atoms with Crippen LogP contribution in [0.2, 0.25) is 0 Å². The number of hydrogen-bond acceptors (Lipinski definition) is 5. The van der Waals surface area contributed by atoms with Crippen LogP contribution >= 0.6 is 11.3 Å². The molecule has 0 saturated carbocycles. The number of aromatic nitrogens is 2. The number of nitrogens with one attached hydrogen (secondary N) is 1. The second kappa shape index (κ2) is 7.80. The van der Waals surface area contributed by atoms with Crippen LogP contribution in [0.25, 0.3) is 11.0 Å². The van der Waals surface area contributed by atoms with Gasteiger partial charge in [0.15, 0.2) is 0 Å². The van der Waals surface area contributed by atoms with Crippen molar-refractivity contribution in [3.05, 3.63) is 61.4 Å². The highest BCUT2D eigenvalue weighted by Crippen LogP contribution is 2.35. The highest BCUT2D eigenvalue weighted by atomic mass is 32.1. The van der Waals surface area contributed by atoms with Gasteiger partial charge in [-0.2, -0.15) is 0 Å². The quantitative estimate of drug-likeness (QED) is 0.663. The molecule has 31 heavy (non-hydrogen) atoms. The number of rotatable bonds is 5. The maximum atomic E-state index is 14.7. The molecule has 0 unspecified atom stereocenters. The second-order valence-corrected chi connectivity index (χ2v) is 10.4. The predicted octanol–water partition coefficient (Wildman–Crippen LogP) is 3.44. The first kappa shape index (κ1) is 19.6. The lowest BCUT2D eigenvalue weighted by Gasteiger charge is -2.34. The summed E-state index contributed by atoms with van der Waals surface area (Å²) in [6, 6.07) is 6.19. The first-order valence-corrected chi connectivity index (χ1v) is 12.2. The van der Waals surface area contributed by atoms with E-state index in [0.29, 0.717) is 29.2 Å². The minimum Gasteiger partial charge on any atom is -0.309 e. The summed E-state index contributed by atoms with van der Waals surface area (Å²) >= 11 is 1.99. The van der Waals surface area contributed by atoms with Gasteiger partial charge in [0.05, 0.1) is 17.2 Å². The van der Waals surface area contributed by atoms with Crippen LogP contribution in [-0.2, 0) is 25.9 Å². The molecule has 0 amide bonds. The van der Waals surface area contributed by atoms with Gasteiger partial charge < -0.3 is 14.8 Å². The van der Waals surface area contributed by atoms with Gasteiger partial charge in [0, 0.05) is 53.0 Å². The van der Waals surface area contributed by atoms with E-state index < -0.39 is 0 Å². The molecule has 5 heterocycles. The Balaban J connectivity index is 1.07. The Bertz CT molecular complexity index is 1170. The largest absolute Gasteiger partial charge is 0.309 e. The van der Waals surface area contributed by atoms with E-state index in [1.165, 1.54) is 30.3 Å². The number of piperidine rings is 1. The molecule has 1 saturated heterocycles. The van der Waals surface area contributed by atoms with Crippen molar-refractivity contribution in [2.45, 2.75) is 57.2 Å². The van der Waals surface area contributed by atoms with E-state index in [1.807, 2.05) is 11.3 Å². The van der Waals surface area contributed by atoms with Crippen molar-refractivity contribution in [2.75, 3.05) is 19.6 Å². The third-order valence-electron chi connectivity index (χ3n) is 7.23. The van der Waals surface area contributed by atoms with Crippen LogP contribution in [0.1, 0.15) is 46.1 Å². The number of thiophene rings is 1. The van der Waals surface area contributed by atoms with Crippen molar-refractivity contribution in [1.29, 1.82) is 0 Å². The molecule has 1 fully saturated rings. The van der Waals surface area contributed by atoms with Gasteiger partial charge in [0.25, 0.3) is 5.56 Å². The van der Waals surface area contributed by atoms with Gasteiger partial charge in [0.1, 0.15) is 5.82 Å². The Morgan fingerprint density at radius 2 is 2.10 bits per heavy atom. The molecule has 162 valence electrons. The summed E-state index contributed by atoms with van der Waals surface area (Å²) in [5.41, 5.74) is 3.59. The smallest absolute Gasteiger partial charge is 0.251 e. The number of aryl methyl sites for hydroxylation is 2. The number of likely N-dealkylation sites (tertiary alicyclic amines) is 1. The summed E-state index contributed by atoms with van der Waals surface area (Å²) in [5.74, 6) is -0.271. The van der Waals surface area contributed by atoms with E-state index in [9.17, 15) is 9.18 Å². The fourth-order valence-corrected chi connectivity index (χ4v) is 6.86. The second-order valence-electron chi connectivity index (χ2n) is 9.20. The van der Waals surface area contributed by atoms with Crippen molar-refractivity contribution in [2.24, 2.45) is 0 Å². The summed E-state index contributed by atoms with van der Waals surface area (Å²) in [6.07, 6.45) is 7.37. The molecule has 1 atom stereocenters. The van der Waals surface area contributed by atoms with Crippen LogP contribution in [0.15, 0.2) is 29.2 Å². The van der Waals surface area contributed by atoms with Gasteiger partial charge in [-0.1, -0.05) is 0 Å². The molecule has 3 aromatic heterocycles. The minimum atomic E-state index is -0.284. The Morgan fingerprint density at radius 1 is 1.23 bits per heavy atom. The first-order chi connectivity index (χ1) is 15.2. The zero-order valence-electron chi connectivity index (χ0n) is 17.6. The number of halogens is 1. The molecule has 0 radical (unpaired) electrons. The average Bonchev–Trinajstić information content (AvgIpc) is 3.46. The monoisotopic (exact) mass is 438 g/mol. The average molecular weight is 439 g/mol. The van der Waals surface area contributed by atoms with Gasteiger partial charge in [-0.25, -0.2) is 4.39 Å². The molecular formula is C24H27FN4OS. The molecule has 7 heteroatoms. The zero-order chi connectivity index (χ0) is 20.9.